The van der Waals surface area contributed by atoms with Crippen molar-refractivity contribution < 1.29 is 4.79 Å². The fourth-order valence-corrected chi connectivity index (χ4v) is 3.17. The number of amides is 1. The molecule has 1 atom stereocenters. The fraction of sp³-hybridized carbons (Fsp3) is 0.526. The SMILES string of the molecule is CCCCC[C@H](C)NC(=O)CSc1n[nH]c(-c2ccc(CC)cc2)n1. The summed E-state index contributed by atoms with van der Waals surface area (Å²) in [4.78, 5) is 16.5. The van der Waals surface area contributed by atoms with Gasteiger partial charge in [0.15, 0.2) is 5.82 Å². The largest absolute Gasteiger partial charge is 0.353 e. The van der Waals surface area contributed by atoms with Gasteiger partial charge in [0.05, 0.1) is 5.75 Å². The van der Waals surface area contributed by atoms with Crippen LogP contribution in [-0.4, -0.2) is 32.9 Å². The monoisotopic (exact) mass is 360 g/mol. The van der Waals surface area contributed by atoms with Crippen LogP contribution in [-0.2, 0) is 11.2 Å². The van der Waals surface area contributed by atoms with Crippen LogP contribution in [0.5, 0.6) is 0 Å². The van der Waals surface area contributed by atoms with Crippen LogP contribution in [0.15, 0.2) is 29.4 Å². The van der Waals surface area contributed by atoms with E-state index < -0.39 is 0 Å². The summed E-state index contributed by atoms with van der Waals surface area (Å²) in [6, 6.07) is 8.49. The Morgan fingerprint density at radius 2 is 2.00 bits per heavy atom. The summed E-state index contributed by atoms with van der Waals surface area (Å²) in [7, 11) is 0. The average Bonchev–Trinajstić information content (AvgIpc) is 3.09. The number of hydrogen-bond acceptors (Lipinski definition) is 4. The van der Waals surface area contributed by atoms with Crippen molar-refractivity contribution in [3.63, 3.8) is 0 Å². The number of hydrogen-bond donors (Lipinski definition) is 2. The van der Waals surface area contributed by atoms with Gasteiger partial charge in [-0.25, -0.2) is 4.98 Å². The number of rotatable bonds is 10. The molecule has 1 heterocycles. The van der Waals surface area contributed by atoms with Gasteiger partial charge in [-0.05, 0) is 25.3 Å². The standard InChI is InChI=1S/C19H28N4OS/c1-4-6-7-8-14(3)20-17(24)13-25-19-21-18(22-23-19)16-11-9-15(5-2)10-12-16/h9-12,14H,4-8,13H2,1-3H3,(H,20,24)(H,21,22,23)/t14-/m0/s1. The van der Waals surface area contributed by atoms with E-state index in [0.717, 1.165) is 30.7 Å². The van der Waals surface area contributed by atoms with Gasteiger partial charge in [-0.15, -0.1) is 5.10 Å². The minimum Gasteiger partial charge on any atom is -0.353 e. The molecule has 2 rings (SSSR count). The minimum atomic E-state index is 0.0349. The molecule has 0 spiro atoms. The third kappa shape index (κ3) is 6.53. The predicted octanol–water partition coefficient (Wildman–Crippen LogP) is 4.21. The molecule has 0 fully saturated rings. The van der Waals surface area contributed by atoms with Gasteiger partial charge in [0.2, 0.25) is 11.1 Å². The third-order valence-electron chi connectivity index (χ3n) is 4.08. The van der Waals surface area contributed by atoms with Gasteiger partial charge in [0, 0.05) is 11.6 Å². The van der Waals surface area contributed by atoms with Crippen molar-refractivity contribution in [2.45, 2.75) is 64.1 Å². The molecule has 1 aromatic heterocycles. The number of unbranched alkanes of at least 4 members (excludes halogenated alkanes) is 2. The Balaban J connectivity index is 1.79. The number of nitrogens with one attached hydrogen (secondary N) is 2. The maximum absolute atomic E-state index is 12.0. The lowest BCUT2D eigenvalue weighted by Crippen LogP contribution is -2.33. The second kappa shape index (κ2) is 10.2. The van der Waals surface area contributed by atoms with E-state index in [0.29, 0.717) is 10.9 Å². The summed E-state index contributed by atoms with van der Waals surface area (Å²) < 4.78 is 0. The van der Waals surface area contributed by atoms with Gasteiger partial charge in [-0.1, -0.05) is 69.1 Å². The number of aromatic nitrogens is 3. The first-order chi connectivity index (χ1) is 12.1. The predicted molar refractivity (Wildman–Crippen MR) is 104 cm³/mol. The van der Waals surface area contributed by atoms with Gasteiger partial charge < -0.3 is 5.32 Å². The lowest BCUT2D eigenvalue weighted by molar-refractivity contribution is -0.119. The molecule has 136 valence electrons. The van der Waals surface area contributed by atoms with Gasteiger partial charge >= 0.3 is 0 Å². The van der Waals surface area contributed by atoms with E-state index in [-0.39, 0.29) is 11.9 Å². The molecule has 0 saturated heterocycles. The zero-order valence-corrected chi connectivity index (χ0v) is 16.2. The molecular weight excluding hydrogens is 332 g/mol. The maximum atomic E-state index is 12.0. The van der Waals surface area contributed by atoms with E-state index in [4.69, 9.17) is 0 Å². The third-order valence-corrected chi connectivity index (χ3v) is 4.93. The number of nitrogens with zero attached hydrogens (tertiary/aromatic N) is 2. The fourth-order valence-electron chi connectivity index (χ4n) is 2.56. The molecule has 0 aliphatic rings. The summed E-state index contributed by atoms with van der Waals surface area (Å²) in [6.07, 6.45) is 5.62. The molecule has 25 heavy (non-hydrogen) atoms. The molecule has 1 amide bonds. The van der Waals surface area contributed by atoms with Crippen LogP contribution in [0.25, 0.3) is 11.4 Å². The van der Waals surface area contributed by atoms with Gasteiger partial charge in [-0.2, -0.15) is 0 Å². The minimum absolute atomic E-state index is 0.0349. The highest BCUT2D eigenvalue weighted by Crippen LogP contribution is 2.19. The number of benzene rings is 1. The Morgan fingerprint density at radius 1 is 1.24 bits per heavy atom. The number of thioether (sulfide) groups is 1. The van der Waals surface area contributed by atoms with E-state index in [1.54, 1.807) is 0 Å². The van der Waals surface area contributed by atoms with Crippen molar-refractivity contribution in [2.75, 3.05) is 5.75 Å². The van der Waals surface area contributed by atoms with Crippen LogP contribution in [0.1, 0.15) is 52.0 Å². The molecule has 2 aromatic rings. The second-order valence-corrected chi connectivity index (χ2v) is 7.21. The van der Waals surface area contributed by atoms with Crippen LogP contribution in [0.4, 0.5) is 0 Å². The van der Waals surface area contributed by atoms with E-state index in [2.05, 4.69) is 53.4 Å². The lowest BCUT2D eigenvalue weighted by Gasteiger charge is -2.12. The summed E-state index contributed by atoms with van der Waals surface area (Å²) >= 11 is 1.36. The summed E-state index contributed by atoms with van der Waals surface area (Å²) in [5, 5.41) is 10.8. The van der Waals surface area contributed by atoms with Crippen molar-refractivity contribution >= 4 is 17.7 Å². The molecule has 0 radical (unpaired) electrons. The first-order valence-corrected chi connectivity index (χ1v) is 10.0. The number of H-pyrrole nitrogens is 1. The Morgan fingerprint density at radius 3 is 2.68 bits per heavy atom. The van der Waals surface area contributed by atoms with Crippen molar-refractivity contribution in [1.29, 1.82) is 0 Å². The van der Waals surface area contributed by atoms with E-state index >= 15 is 0 Å². The zero-order valence-electron chi connectivity index (χ0n) is 15.3. The van der Waals surface area contributed by atoms with E-state index in [9.17, 15) is 4.79 Å². The Hall–Kier alpha value is -1.82. The first-order valence-electron chi connectivity index (χ1n) is 9.06. The molecule has 1 aromatic carbocycles. The molecule has 5 nitrogen and oxygen atoms in total. The first kappa shape index (κ1) is 19.5. The van der Waals surface area contributed by atoms with Crippen LogP contribution in [0, 0.1) is 0 Å². The van der Waals surface area contributed by atoms with Gasteiger partial charge in [0.25, 0.3) is 0 Å². The number of aromatic amines is 1. The highest BCUT2D eigenvalue weighted by atomic mass is 32.2. The van der Waals surface area contributed by atoms with Crippen molar-refractivity contribution in [3.05, 3.63) is 29.8 Å². The topological polar surface area (TPSA) is 70.7 Å². The number of carbonyl (C=O) groups is 1. The van der Waals surface area contributed by atoms with E-state index in [1.165, 1.54) is 30.2 Å². The Kier molecular flexibility index (Phi) is 7.98. The van der Waals surface area contributed by atoms with Crippen molar-refractivity contribution in [1.82, 2.24) is 20.5 Å². The Bertz CT molecular complexity index is 654. The average molecular weight is 361 g/mol. The van der Waals surface area contributed by atoms with Crippen LogP contribution >= 0.6 is 11.8 Å². The van der Waals surface area contributed by atoms with Crippen LogP contribution < -0.4 is 5.32 Å². The van der Waals surface area contributed by atoms with Gasteiger partial charge in [-0.3, -0.25) is 9.89 Å². The maximum Gasteiger partial charge on any atom is 0.230 e. The molecule has 0 aliphatic carbocycles. The normalized spacial score (nSPS) is 12.1. The van der Waals surface area contributed by atoms with Crippen molar-refractivity contribution in [3.8, 4) is 11.4 Å². The lowest BCUT2D eigenvalue weighted by atomic mass is 10.1. The second-order valence-electron chi connectivity index (χ2n) is 6.27. The summed E-state index contributed by atoms with van der Waals surface area (Å²) in [6.45, 7) is 6.38. The summed E-state index contributed by atoms with van der Waals surface area (Å²) in [5.74, 6) is 1.11. The molecular formula is C19H28N4OS. The molecule has 0 saturated carbocycles. The quantitative estimate of drug-likeness (QED) is 0.492. The number of carbonyl (C=O) groups excluding carboxylic acids is 1. The highest BCUT2D eigenvalue weighted by Gasteiger charge is 2.11. The van der Waals surface area contributed by atoms with Gasteiger partial charge in [0.1, 0.15) is 0 Å². The Labute approximate surface area is 154 Å². The highest BCUT2D eigenvalue weighted by molar-refractivity contribution is 7.99. The molecule has 0 bridgehead atoms. The molecule has 6 heteroatoms. The molecule has 0 unspecified atom stereocenters. The van der Waals surface area contributed by atoms with Crippen LogP contribution in [0.3, 0.4) is 0 Å². The van der Waals surface area contributed by atoms with Crippen LogP contribution in [0.2, 0.25) is 0 Å². The van der Waals surface area contributed by atoms with Crippen molar-refractivity contribution in [2.24, 2.45) is 0 Å². The zero-order chi connectivity index (χ0) is 18.1. The number of aryl methyl sites for hydroxylation is 1. The molecule has 2 N–H and O–H groups in total. The molecule has 0 aliphatic heterocycles. The van der Waals surface area contributed by atoms with E-state index in [1.807, 2.05) is 12.1 Å². The summed E-state index contributed by atoms with van der Waals surface area (Å²) in [5.41, 5.74) is 2.30. The smallest absolute Gasteiger partial charge is 0.230 e.